The molecule has 0 saturated carbocycles. The van der Waals surface area contributed by atoms with Gasteiger partial charge in [-0.3, -0.25) is 9.58 Å². The third-order valence-electron chi connectivity index (χ3n) is 2.77. The number of rotatable bonds is 4. The molecule has 2 rings (SSSR count). The van der Waals surface area contributed by atoms with Crippen molar-refractivity contribution in [3.05, 3.63) is 11.9 Å². The van der Waals surface area contributed by atoms with Crippen molar-refractivity contribution in [2.24, 2.45) is 5.73 Å². The summed E-state index contributed by atoms with van der Waals surface area (Å²) in [4.78, 5) is 2.39. The van der Waals surface area contributed by atoms with Crippen molar-refractivity contribution in [3.63, 3.8) is 0 Å². The normalized spacial score (nSPS) is 22.5. The highest BCUT2D eigenvalue weighted by atomic mass is 16.5. The van der Waals surface area contributed by atoms with E-state index in [2.05, 4.69) is 22.1 Å². The van der Waals surface area contributed by atoms with Gasteiger partial charge in [-0.2, -0.15) is 0 Å². The number of hydrogen-bond acceptors (Lipinski definition) is 5. The Morgan fingerprint density at radius 1 is 1.56 bits per heavy atom. The average Bonchev–Trinajstić information content (AvgIpc) is 2.74. The largest absolute Gasteiger partial charge is 0.376 e. The molecule has 0 amide bonds. The van der Waals surface area contributed by atoms with Gasteiger partial charge in [-0.25, -0.2) is 0 Å². The van der Waals surface area contributed by atoms with Crippen LogP contribution in [0.15, 0.2) is 6.20 Å². The van der Waals surface area contributed by atoms with Gasteiger partial charge in [0.05, 0.1) is 24.9 Å². The summed E-state index contributed by atoms with van der Waals surface area (Å²) in [5, 5.41) is 7.98. The van der Waals surface area contributed by atoms with Crippen LogP contribution in [-0.4, -0.2) is 52.2 Å². The predicted molar refractivity (Wildman–Crippen MR) is 59.8 cm³/mol. The zero-order valence-corrected chi connectivity index (χ0v) is 9.67. The average molecular weight is 225 g/mol. The monoisotopic (exact) mass is 225 g/mol. The van der Waals surface area contributed by atoms with Crippen LogP contribution in [0.2, 0.25) is 0 Å². The van der Waals surface area contributed by atoms with Gasteiger partial charge in [0.15, 0.2) is 0 Å². The van der Waals surface area contributed by atoms with E-state index in [1.54, 1.807) is 0 Å². The molecule has 6 nitrogen and oxygen atoms in total. The fraction of sp³-hybridized carbons (Fsp3) is 0.800. The first-order valence-corrected chi connectivity index (χ1v) is 5.71. The lowest BCUT2D eigenvalue weighted by Crippen LogP contribution is -2.42. The van der Waals surface area contributed by atoms with Gasteiger partial charge in [0.1, 0.15) is 0 Å². The SMILES string of the molecule is CC1CN(CCn2cc(CN)nn2)CCO1. The minimum atomic E-state index is 0.337. The Kier molecular flexibility index (Phi) is 3.87. The molecule has 90 valence electrons. The molecule has 0 radical (unpaired) electrons. The smallest absolute Gasteiger partial charge is 0.0962 e. The maximum Gasteiger partial charge on any atom is 0.0962 e. The Morgan fingerprint density at radius 3 is 3.12 bits per heavy atom. The summed E-state index contributed by atoms with van der Waals surface area (Å²) in [5.74, 6) is 0. The number of nitrogens with zero attached hydrogens (tertiary/aromatic N) is 4. The highest BCUT2D eigenvalue weighted by molar-refractivity contribution is 4.90. The number of nitrogens with two attached hydrogens (primary N) is 1. The third-order valence-corrected chi connectivity index (χ3v) is 2.77. The summed E-state index contributed by atoms with van der Waals surface area (Å²) >= 11 is 0. The van der Waals surface area contributed by atoms with Crippen molar-refractivity contribution in [2.45, 2.75) is 26.1 Å². The summed E-state index contributed by atoms with van der Waals surface area (Å²) in [6, 6.07) is 0. The third kappa shape index (κ3) is 3.01. The van der Waals surface area contributed by atoms with Gasteiger partial charge in [-0.05, 0) is 6.92 Å². The van der Waals surface area contributed by atoms with Crippen LogP contribution >= 0.6 is 0 Å². The highest BCUT2D eigenvalue weighted by Crippen LogP contribution is 2.04. The first-order chi connectivity index (χ1) is 7.78. The Labute approximate surface area is 95.4 Å². The van der Waals surface area contributed by atoms with Crippen LogP contribution < -0.4 is 5.73 Å². The molecule has 0 aliphatic carbocycles. The van der Waals surface area contributed by atoms with Gasteiger partial charge >= 0.3 is 0 Å². The summed E-state index contributed by atoms with van der Waals surface area (Å²) in [6.07, 6.45) is 2.24. The molecular weight excluding hydrogens is 206 g/mol. The summed E-state index contributed by atoms with van der Waals surface area (Å²) < 4.78 is 7.34. The second kappa shape index (κ2) is 5.38. The molecule has 1 aromatic heterocycles. The van der Waals surface area contributed by atoms with E-state index in [0.29, 0.717) is 12.6 Å². The Balaban J connectivity index is 1.78. The topological polar surface area (TPSA) is 69.2 Å². The first kappa shape index (κ1) is 11.5. The lowest BCUT2D eigenvalue weighted by atomic mass is 10.3. The van der Waals surface area contributed by atoms with Crippen LogP contribution in [0, 0.1) is 0 Å². The van der Waals surface area contributed by atoms with Crippen molar-refractivity contribution in [1.29, 1.82) is 0 Å². The maximum absolute atomic E-state index is 5.49. The predicted octanol–water partition coefficient (Wildman–Crippen LogP) is -0.542. The van der Waals surface area contributed by atoms with Crippen LogP contribution in [0.1, 0.15) is 12.6 Å². The Hall–Kier alpha value is -0.980. The van der Waals surface area contributed by atoms with E-state index in [1.807, 2.05) is 10.9 Å². The fourth-order valence-electron chi connectivity index (χ4n) is 1.88. The van der Waals surface area contributed by atoms with Crippen molar-refractivity contribution >= 4 is 0 Å². The van der Waals surface area contributed by atoms with Gasteiger partial charge in [-0.1, -0.05) is 5.21 Å². The quantitative estimate of drug-likeness (QED) is 0.745. The molecule has 1 fully saturated rings. The number of hydrogen-bond donors (Lipinski definition) is 1. The van der Waals surface area contributed by atoms with E-state index >= 15 is 0 Å². The Morgan fingerprint density at radius 2 is 2.44 bits per heavy atom. The van der Waals surface area contributed by atoms with Gasteiger partial charge in [-0.15, -0.1) is 5.10 Å². The van der Waals surface area contributed by atoms with Crippen molar-refractivity contribution in [2.75, 3.05) is 26.2 Å². The molecule has 0 spiro atoms. The van der Waals surface area contributed by atoms with Gasteiger partial charge in [0.2, 0.25) is 0 Å². The number of ether oxygens (including phenoxy) is 1. The van der Waals surface area contributed by atoms with Crippen molar-refractivity contribution in [3.8, 4) is 0 Å². The molecule has 2 N–H and O–H groups in total. The molecular formula is C10H19N5O. The standard InChI is InChI=1S/C10H19N5O/c1-9-7-14(4-5-16-9)2-3-15-8-10(6-11)12-13-15/h8-9H,2-7,11H2,1H3. The van der Waals surface area contributed by atoms with Gasteiger partial charge in [0, 0.05) is 32.4 Å². The fourth-order valence-corrected chi connectivity index (χ4v) is 1.88. The molecule has 1 aliphatic rings. The molecule has 1 aromatic rings. The number of aromatic nitrogens is 3. The molecule has 6 heteroatoms. The zero-order valence-electron chi connectivity index (χ0n) is 9.67. The van der Waals surface area contributed by atoms with Crippen LogP contribution in [0.5, 0.6) is 0 Å². The van der Waals surface area contributed by atoms with Gasteiger partial charge < -0.3 is 10.5 Å². The van der Waals surface area contributed by atoms with Crippen LogP contribution in [0.25, 0.3) is 0 Å². The minimum Gasteiger partial charge on any atom is -0.376 e. The summed E-state index contributed by atoms with van der Waals surface area (Å²) in [7, 11) is 0. The molecule has 1 aliphatic heterocycles. The molecule has 0 aromatic carbocycles. The van der Waals surface area contributed by atoms with Gasteiger partial charge in [0.25, 0.3) is 0 Å². The molecule has 1 atom stereocenters. The molecule has 16 heavy (non-hydrogen) atoms. The van der Waals surface area contributed by atoms with Crippen LogP contribution in [0.4, 0.5) is 0 Å². The molecule has 2 heterocycles. The minimum absolute atomic E-state index is 0.337. The lowest BCUT2D eigenvalue weighted by Gasteiger charge is -2.30. The Bertz CT molecular complexity index is 327. The van der Waals surface area contributed by atoms with Crippen molar-refractivity contribution < 1.29 is 4.74 Å². The molecule has 1 unspecified atom stereocenters. The van der Waals surface area contributed by atoms with E-state index < -0.39 is 0 Å². The van der Waals surface area contributed by atoms with E-state index in [9.17, 15) is 0 Å². The maximum atomic E-state index is 5.49. The lowest BCUT2D eigenvalue weighted by molar-refractivity contribution is -0.0194. The van der Waals surface area contributed by atoms with E-state index in [0.717, 1.165) is 38.5 Å². The highest BCUT2D eigenvalue weighted by Gasteiger charge is 2.16. The second-order valence-corrected chi connectivity index (χ2v) is 4.16. The van der Waals surface area contributed by atoms with Crippen LogP contribution in [0.3, 0.4) is 0 Å². The zero-order chi connectivity index (χ0) is 11.4. The summed E-state index contributed by atoms with van der Waals surface area (Å²) in [6.45, 7) is 7.23. The summed E-state index contributed by atoms with van der Waals surface area (Å²) in [5.41, 5.74) is 6.32. The van der Waals surface area contributed by atoms with E-state index in [1.165, 1.54) is 0 Å². The first-order valence-electron chi connectivity index (χ1n) is 5.71. The van der Waals surface area contributed by atoms with E-state index in [-0.39, 0.29) is 0 Å². The molecule has 1 saturated heterocycles. The molecule has 0 bridgehead atoms. The van der Waals surface area contributed by atoms with Crippen LogP contribution in [-0.2, 0) is 17.8 Å². The number of morpholine rings is 1. The van der Waals surface area contributed by atoms with E-state index in [4.69, 9.17) is 10.5 Å². The van der Waals surface area contributed by atoms with Crippen molar-refractivity contribution in [1.82, 2.24) is 19.9 Å². The second-order valence-electron chi connectivity index (χ2n) is 4.16.